The molecule has 0 saturated carbocycles. The predicted octanol–water partition coefficient (Wildman–Crippen LogP) is 4.77. The topological polar surface area (TPSA) is 101 Å². The minimum Gasteiger partial charge on any atom is -0.337 e. The van der Waals surface area contributed by atoms with Crippen molar-refractivity contribution in [1.82, 2.24) is 30.1 Å². The lowest BCUT2D eigenvalue weighted by molar-refractivity contribution is 0.0553. The summed E-state index contributed by atoms with van der Waals surface area (Å²) in [5.41, 5.74) is 4.12. The van der Waals surface area contributed by atoms with Gasteiger partial charge in [0.2, 0.25) is 11.7 Å². The first-order chi connectivity index (χ1) is 18.1. The highest BCUT2D eigenvalue weighted by molar-refractivity contribution is 6.07. The molecule has 1 aliphatic heterocycles. The SMILES string of the molecule is Cc1noc2nc(-c3ccccc3)cc(C(=O)N3CCN(C(C)c4nc(-c5ccccc5)no4)CC3)c12. The zero-order chi connectivity index (χ0) is 25.4. The van der Waals surface area contributed by atoms with Crippen LogP contribution in [-0.4, -0.2) is 62.2 Å². The number of hydrogen-bond acceptors (Lipinski definition) is 8. The van der Waals surface area contributed by atoms with Crippen LogP contribution in [0.15, 0.2) is 75.8 Å². The summed E-state index contributed by atoms with van der Waals surface area (Å²) in [5.74, 6) is 1.10. The lowest BCUT2D eigenvalue weighted by Crippen LogP contribution is -2.49. The highest BCUT2D eigenvalue weighted by Gasteiger charge is 2.30. The Morgan fingerprint density at radius 2 is 1.54 bits per heavy atom. The van der Waals surface area contributed by atoms with Crippen LogP contribution in [0.25, 0.3) is 33.7 Å². The van der Waals surface area contributed by atoms with E-state index in [-0.39, 0.29) is 11.9 Å². The second-order valence-electron chi connectivity index (χ2n) is 9.20. The zero-order valence-corrected chi connectivity index (χ0v) is 20.7. The van der Waals surface area contributed by atoms with Crippen LogP contribution in [0, 0.1) is 6.92 Å². The molecule has 1 atom stereocenters. The Kier molecular flexibility index (Phi) is 5.97. The fourth-order valence-electron chi connectivity index (χ4n) is 4.77. The second kappa shape index (κ2) is 9.59. The second-order valence-corrected chi connectivity index (χ2v) is 9.20. The molecule has 6 rings (SSSR count). The van der Waals surface area contributed by atoms with Gasteiger partial charge in [-0.1, -0.05) is 71.0 Å². The van der Waals surface area contributed by atoms with Crippen LogP contribution in [0.3, 0.4) is 0 Å². The summed E-state index contributed by atoms with van der Waals surface area (Å²) in [4.78, 5) is 27.1. The molecule has 3 aromatic heterocycles. The number of nitrogens with zero attached hydrogens (tertiary/aromatic N) is 6. The summed E-state index contributed by atoms with van der Waals surface area (Å²) in [5, 5.41) is 8.89. The first-order valence-corrected chi connectivity index (χ1v) is 12.3. The lowest BCUT2D eigenvalue weighted by atomic mass is 10.0. The first-order valence-electron chi connectivity index (χ1n) is 12.3. The molecule has 2 aromatic carbocycles. The molecule has 1 aliphatic rings. The number of fused-ring (bicyclic) bond motifs is 1. The van der Waals surface area contributed by atoms with Crippen molar-refractivity contribution in [2.45, 2.75) is 19.9 Å². The van der Waals surface area contributed by atoms with Gasteiger partial charge in [-0.3, -0.25) is 9.69 Å². The highest BCUT2D eigenvalue weighted by atomic mass is 16.5. The largest absolute Gasteiger partial charge is 0.337 e. The Balaban J connectivity index is 1.19. The van der Waals surface area contributed by atoms with Crippen molar-refractivity contribution in [2.24, 2.45) is 0 Å². The van der Waals surface area contributed by atoms with E-state index in [4.69, 9.17) is 9.05 Å². The van der Waals surface area contributed by atoms with Gasteiger partial charge in [0.05, 0.1) is 28.4 Å². The van der Waals surface area contributed by atoms with Gasteiger partial charge in [-0.25, -0.2) is 4.98 Å². The number of pyridine rings is 1. The molecule has 37 heavy (non-hydrogen) atoms. The molecule has 9 heteroatoms. The van der Waals surface area contributed by atoms with Crippen LogP contribution >= 0.6 is 0 Å². The van der Waals surface area contributed by atoms with Crippen LogP contribution in [0.4, 0.5) is 0 Å². The third kappa shape index (κ3) is 4.38. The summed E-state index contributed by atoms with van der Waals surface area (Å²) in [6, 6.07) is 21.3. The number of hydrogen-bond donors (Lipinski definition) is 0. The molecular weight excluding hydrogens is 468 g/mol. The normalized spacial score (nSPS) is 15.2. The van der Waals surface area contributed by atoms with Crippen molar-refractivity contribution < 1.29 is 13.8 Å². The fourth-order valence-corrected chi connectivity index (χ4v) is 4.77. The van der Waals surface area contributed by atoms with Crippen LogP contribution < -0.4 is 0 Å². The summed E-state index contributed by atoms with van der Waals surface area (Å²) in [6.45, 7) is 6.44. The zero-order valence-electron chi connectivity index (χ0n) is 20.7. The molecule has 4 heterocycles. The number of rotatable bonds is 5. The van der Waals surface area contributed by atoms with Gasteiger partial charge in [0.25, 0.3) is 11.6 Å². The van der Waals surface area contributed by atoms with Crippen molar-refractivity contribution >= 4 is 17.0 Å². The molecule has 186 valence electrons. The van der Waals surface area contributed by atoms with Crippen LogP contribution in [0.2, 0.25) is 0 Å². The van der Waals surface area contributed by atoms with E-state index in [2.05, 4.69) is 32.1 Å². The molecule has 9 nitrogen and oxygen atoms in total. The van der Waals surface area contributed by atoms with Crippen molar-refractivity contribution in [3.05, 3.63) is 83.9 Å². The van der Waals surface area contributed by atoms with E-state index in [0.29, 0.717) is 65.9 Å². The maximum absolute atomic E-state index is 13.7. The summed E-state index contributed by atoms with van der Waals surface area (Å²) in [7, 11) is 0. The van der Waals surface area contributed by atoms with Gasteiger partial charge in [0.1, 0.15) is 0 Å². The van der Waals surface area contributed by atoms with Gasteiger partial charge >= 0.3 is 0 Å². The smallest absolute Gasteiger partial charge is 0.259 e. The molecule has 0 bridgehead atoms. The Bertz CT molecular complexity index is 1540. The molecule has 0 aliphatic carbocycles. The molecule has 0 radical (unpaired) electrons. The molecule has 1 saturated heterocycles. The Morgan fingerprint density at radius 3 is 2.24 bits per heavy atom. The quantitative estimate of drug-likeness (QED) is 0.344. The highest BCUT2D eigenvalue weighted by Crippen LogP contribution is 2.29. The van der Waals surface area contributed by atoms with E-state index in [1.807, 2.05) is 78.6 Å². The van der Waals surface area contributed by atoms with Crippen molar-refractivity contribution in [1.29, 1.82) is 0 Å². The van der Waals surface area contributed by atoms with E-state index in [1.165, 1.54) is 0 Å². The molecule has 1 amide bonds. The molecule has 0 N–H and O–H groups in total. The van der Waals surface area contributed by atoms with Gasteiger partial charge in [-0.2, -0.15) is 4.98 Å². The van der Waals surface area contributed by atoms with E-state index < -0.39 is 0 Å². The van der Waals surface area contributed by atoms with Gasteiger partial charge in [0, 0.05) is 37.3 Å². The molecule has 0 spiro atoms. The Morgan fingerprint density at radius 1 is 0.865 bits per heavy atom. The average Bonchev–Trinajstić information content (AvgIpc) is 3.60. The Hall–Kier alpha value is -4.37. The standard InChI is InChI=1S/C28H26N6O3/c1-18-24-22(17-23(29-27(24)37-31-18)20-9-5-3-6-10-20)28(35)34-15-13-33(14-16-34)19(2)26-30-25(32-36-26)21-11-7-4-8-12-21/h3-12,17,19H,13-16H2,1-2H3. The van der Waals surface area contributed by atoms with Gasteiger partial charge < -0.3 is 13.9 Å². The predicted molar refractivity (Wildman–Crippen MR) is 138 cm³/mol. The third-order valence-corrected chi connectivity index (χ3v) is 6.90. The summed E-state index contributed by atoms with van der Waals surface area (Å²) in [6.07, 6.45) is 0. The number of aryl methyl sites for hydroxylation is 1. The molecule has 1 fully saturated rings. The van der Waals surface area contributed by atoms with Gasteiger partial charge in [-0.15, -0.1) is 0 Å². The van der Waals surface area contributed by atoms with Crippen LogP contribution in [0.1, 0.15) is 34.9 Å². The molecule has 1 unspecified atom stereocenters. The van der Waals surface area contributed by atoms with Crippen molar-refractivity contribution in [3.63, 3.8) is 0 Å². The van der Waals surface area contributed by atoms with E-state index in [9.17, 15) is 4.79 Å². The number of piperazine rings is 1. The number of carbonyl (C=O) groups excluding carboxylic acids is 1. The fraction of sp³-hybridized carbons (Fsp3) is 0.250. The number of benzene rings is 2. The average molecular weight is 495 g/mol. The molecule has 5 aromatic rings. The van der Waals surface area contributed by atoms with Gasteiger partial charge in [0.15, 0.2) is 0 Å². The maximum atomic E-state index is 13.7. The Labute approximate surface area is 213 Å². The van der Waals surface area contributed by atoms with E-state index >= 15 is 0 Å². The van der Waals surface area contributed by atoms with Crippen molar-refractivity contribution in [2.75, 3.05) is 26.2 Å². The minimum absolute atomic E-state index is 0.0488. The molecular formula is C28H26N6O3. The van der Waals surface area contributed by atoms with E-state index in [1.54, 1.807) is 0 Å². The van der Waals surface area contributed by atoms with Gasteiger partial charge in [-0.05, 0) is 19.9 Å². The van der Waals surface area contributed by atoms with E-state index in [0.717, 1.165) is 11.1 Å². The monoisotopic (exact) mass is 494 g/mol. The lowest BCUT2D eigenvalue weighted by Gasteiger charge is -2.36. The third-order valence-electron chi connectivity index (χ3n) is 6.90. The summed E-state index contributed by atoms with van der Waals surface area (Å²) < 4.78 is 11.0. The maximum Gasteiger partial charge on any atom is 0.259 e. The van der Waals surface area contributed by atoms with Crippen LogP contribution in [0.5, 0.6) is 0 Å². The first kappa shape index (κ1) is 23.1. The summed E-state index contributed by atoms with van der Waals surface area (Å²) >= 11 is 0. The van der Waals surface area contributed by atoms with Crippen LogP contribution in [-0.2, 0) is 0 Å². The number of carbonyl (C=O) groups is 1. The van der Waals surface area contributed by atoms with Crippen molar-refractivity contribution in [3.8, 4) is 22.6 Å². The minimum atomic E-state index is -0.0557. The number of aromatic nitrogens is 4. The number of amides is 1.